The molecule has 1 rings (SSSR count). The molecule has 1 unspecified atom stereocenters. The minimum absolute atomic E-state index is 0.319. The SMILES string of the molecule is NCCC1(C(=O)O)CO1. The third-order valence-corrected chi connectivity index (χ3v) is 1.43. The van der Waals surface area contributed by atoms with E-state index in [0.717, 1.165) is 0 Å². The van der Waals surface area contributed by atoms with E-state index in [2.05, 4.69) is 0 Å². The molecule has 4 nitrogen and oxygen atoms in total. The highest BCUT2D eigenvalue weighted by atomic mass is 16.6. The van der Waals surface area contributed by atoms with Gasteiger partial charge in [0.05, 0.1) is 6.61 Å². The molecule has 0 aliphatic carbocycles. The van der Waals surface area contributed by atoms with E-state index in [0.29, 0.717) is 19.6 Å². The van der Waals surface area contributed by atoms with Crippen LogP contribution < -0.4 is 5.73 Å². The number of hydrogen-bond acceptors (Lipinski definition) is 3. The summed E-state index contributed by atoms with van der Waals surface area (Å²) in [5.41, 5.74) is 4.24. The number of aliphatic carboxylic acids is 1. The summed E-state index contributed by atoms with van der Waals surface area (Å²) in [5.74, 6) is -0.895. The van der Waals surface area contributed by atoms with Crippen LogP contribution in [0.1, 0.15) is 6.42 Å². The lowest BCUT2D eigenvalue weighted by Gasteiger charge is -2.00. The Bertz CT molecular complexity index is 130. The van der Waals surface area contributed by atoms with Gasteiger partial charge in [-0.2, -0.15) is 0 Å². The van der Waals surface area contributed by atoms with E-state index >= 15 is 0 Å². The molecule has 0 aromatic rings. The lowest BCUT2D eigenvalue weighted by atomic mass is 10.1. The number of carboxylic acid groups (broad SMARTS) is 1. The second kappa shape index (κ2) is 1.97. The zero-order chi connectivity index (χ0) is 6.91. The number of hydrogen-bond donors (Lipinski definition) is 2. The van der Waals surface area contributed by atoms with Crippen LogP contribution in [0.3, 0.4) is 0 Å². The van der Waals surface area contributed by atoms with Crippen LogP contribution in [0.2, 0.25) is 0 Å². The highest BCUT2D eigenvalue weighted by Crippen LogP contribution is 2.30. The number of rotatable bonds is 3. The summed E-state index contributed by atoms with van der Waals surface area (Å²) in [6, 6.07) is 0. The molecule has 0 radical (unpaired) electrons. The molecule has 1 heterocycles. The van der Waals surface area contributed by atoms with Crippen molar-refractivity contribution in [1.82, 2.24) is 0 Å². The van der Waals surface area contributed by atoms with Gasteiger partial charge < -0.3 is 15.6 Å². The van der Waals surface area contributed by atoms with Crippen LogP contribution in [0.25, 0.3) is 0 Å². The van der Waals surface area contributed by atoms with Crippen LogP contribution in [-0.2, 0) is 9.53 Å². The van der Waals surface area contributed by atoms with Gasteiger partial charge in [-0.1, -0.05) is 0 Å². The van der Waals surface area contributed by atoms with Gasteiger partial charge in [-0.25, -0.2) is 4.79 Å². The van der Waals surface area contributed by atoms with Crippen LogP contribution in [0.15, 0.2) is 0 Å². The topological polar surface area (TPSA) is 75.9 Å². The number of ether oxygens (including phenoxy) is 1. The van der Waals surface area contributed by atoms with Gasteiger partial charge in [0.25, 0.3) is 0 Å². The first-order valence-corrected chi connectivity index (χ1v) is 2.79. The third kappa shape index (κ3) is 1.04. The standard InChI is InChI=1S/C5H9NO3/c6-2-1-5(3-9-5)4(7)8/h1-3,6H2,(H,7,8). The van der Waals surface area contributed by atoms with E-state index in [4.69, 9.17) is 15.6 Å². The first-order chi connectivity index (χ1) is 4.21. The maximum Gasteiger partial charge on any atom is 0.338 e. The number of carboxylic acids is 1. The zero-order valence-electron chi connectivity index (χ0n) is 4.96. The van der Waals surface area contributed by atoms with Gasteiger partial charge in [0, 0.05) is 6.42 Å². The maximum atomic E-state index is 10.3. The van der Waals surface area contributed by atoms with Crippen LogP contribution >= 0.6 is 0 Å². The quantitative estimate of drug-likeness (QED) is 0.491. The molecule has 0 amide bonds. The average molecular weight is 131 g/mol. The Kier molecular flexibility index (Phi) is 1.42. The van der Waals surface area contributed by atoms with Crippen molar-refractivity contribution in [2.45, 2.75) is 12.0 Å². The molecular formula is C5H9NO3. The maximum absolute atomic E-state index is 10.3. The Morgan fingerprint density at radius 3 is 2.56 bits per heavy atom. The fraction of sp³-hybridized carbons (Fsp3) is 0.800. The van der Waals surface area contributed by atoms with Crippen molar-refractivity contribution in [3.63, 3.8) is 0 Å². The fourth-order valence-electron chi connectivity index (χ4n) is 0.695. The van der Waals surface area contributed by atoms with Gasteiger partial charge in [0.1, 0.15) is 0 Å². The van der Waals surface area contributed by atoms with Crippen molar-refractivity contribution in [3.8, 4) is 0 Å². The summed E-state index contributed by atoms with van der Waals surface area (Å²) in [6.45, 7) is 0.686. The lowest BCUT2D eigenvalue weighted by molar-refractivity contribution is -0.143. The largest absolute Gasteiger partial charge is 0.479 e. The van der Waals surface area contributed by atoms with Gasteiger partial charge in [0.2, 0.25) is 0 Å². The summed E-state index contributed by atoms with van der Waals surface area (Å²) in [4.78, 5) is 10.3. The molecule has 1 saturated heterocycles. The van der Waals surface area contributed by atoms with Crippen molar-refractivity contribution in [1.29, 1.82) is 0 Å². The Balaban J connectivity index is 2.43. The number of carbonyl (C=O) groups is 1. The molecule has 3 N–H and O–H groups in total. The van der Waals surface area contributed by atoms with Gasteiger partial charge in [-0.05, 0) is 6.54 Å². The average Bonchev–Trinajstić information content (AvgIpc) is 2.49. The molecule has 0 saturated carbocycles. The van der Waals surface area contributed by atoms with E-state index < -0.39 is 11.6 Å². The minimum Gasteiger partial charge on any atom is -0.479 e. The fourth-order valence-corrected chi connectivity index (χ4v) is 0.695. The Labute approximate surface area is 52.6 Å². The summed E-state index contributed by atoms with van der Waals surface area (Å²) in [7, 11) is 0. The molecular weight excluding hydrogens is 122 g/mol. The van der Waals surface area contributed by atoms with E-state index in [1.165, 1.54) is 0 Å². The Hall–Kier alpha value is -0.610. The second-order valence-electron chi connectivity index (χ2n) is 2.13. The summed E-state index contributed by atoms with van der Waals surface area (Å²) in [5, 5.41) is 8.45. The predicted molar refractivity (Wildman–Crippen MR) is 30.0 cm³/mol. The molecule has 4 heteroatoms. The molecule has 0 aromatic heterocycles. The molecule has 0 bridgehead atoms. The van der Waals surface area contributed by atoms with Crippen molar-refractivity contribution in [2.75, 3.05) is 13.2 Å². The van der Waals surface area contributed by atoms with Crippen LogP contribution in [0.4, 0.5) is 0 Å². The van der Waals surface area contributed by atoms with Crippen molar-refractivity contribution < 1.29 is 14.6 Å². The molecule has 9 heavy (non-hydrogen) atoms. The van der Waals surface area contributed by atoms with E-state index in [-0.39, 0.29) is 0 Å². The Morgan fingerprint density at radius 2 is 2.44 bits per heavy atom. The van der Waals surface area contributed by atoms with Gasteiger partial charge >= 0.3 is 5.97 Å². The monoisotopic (exact) mass is 131 g/mol. The molecule has 1 atom stereocenters. The molecule has 1 aliphatic heterocycles. The van der Waals surface area contributed by atoms with Crippen molar-refractivity contribution >= 4 is 5.97 Å². The van der Waals surface area contributed by atoms with Gasteiger partial charge in [0.15, 0.2) is 5.60 Å². The van der Waals surface area contributed by atoms with Crippen molar-refractivity contribution in [3.05, 3.63) is 0 Å². The lowest BCUT2D eigenvalue weighted by Crippen LogP contribution is -2.27. The minimum atomic E-state index is -0.908. The number of epoxide rings is 1. The van der Waals surface area contributed by atoms with Crippen molar-refractivity contribution in [2.24, 2.45) is 5.73 Å². The molecule has 1 fully saturated rings. The van der Waals surface area contributed by atoms with Crippen LogP contribution in [0.5, 0.6) is 0 Å². The van der Waals surface area contributed by atoms with E-state index in [9.17, 15) is 4.79 Å². The molecule has 0 spiro atoms. The summed E-state index contributed by atoms with van der Waals surface area (Å²) in [6.07, 6.45) is 0.419. The molecule has 0 aromatic carbocycles. The van der Waals surface area contributed by atoms with E-state index in [1.807, 2.05) is 0 Å². The smallest absolute Gasteiger partial charge is 0.338 e. The highest BCUT2D eigenvalue weighted by molar-refractivity contribution is 5.80. The molecule has 1 aliphatic rings. The zero-order valence-corrected chi connectivity index (χ0v) is 4.96. The predicted octanol–water partition coefficient (Wildman–Crippen LogP) is -0.811. The second-order valence-corrected chi connectivity index (χ2v) is 2.13. The van der Waals surface area contributed by atoms with Crippen LogP contribution in [0, 0.1) is 0 Å². The first-order valence-electron chi connectivity index (χ1n) is 2.79. The van der Waals surface area contributed by atoms with Crippen LogP contribution in [-0.4, -0.2) is 29.8 Å². The third-order valence-electron chi connectivity index (χ3n) is 1.43. The normalized spacial score (nSPS) is 32.1. The summed E-state index contributed by atoms with van der Waals surface area (Å²) >= 11 is 0. The highest BCUT2D eigenvalue weighted by Gasteiger charge is 2.51. The number of nitrogens with two attached hydrogens (primary N) is 1. The van der Waals surface area contributed by atoms with Gasteiger partial charge in [-0.3, -0.25) is 0 Å². The first kappa shape index (κ1) is 6.51. The molecule has 52 valence electrons. The Morgan fingerprint density at radius 1 is 1.89 bits per heavy atom. The van der Waals surface area contributed by atoms with Gasteiger partial charge in [-0.15, -0.1) is 0 Å². The summed E-state index contributed by atoms with van der Waals surface area (Å²) < 4.78 is 4.72. The van der Waals surface area contributed by atoms with E-state index in [1.54, 1.807) is 0 Å².